The Hall–Kier alpha value is -3.12. The molecule has 0 bridgehead atoms. The highest BCUT2D eigenvalue weighted by atomic mass is 79.9. The lowest BCUT2D eigenvalue weighted by Gasteiger charge is -2.31. The Kier molecular flexibility index (Phi) is 9.93. The molecule has 3 rings (SSSR count). The third kappa shape index (κ3) is 8.19. The number of ether oxygens (including phenoxy) is 1. The molecule has 0 saturated heterocycles. The molecule has 196 valence electrons. The largest absolute Gasteiger partial charge is 0.483 e. The second kappa shape index (κ2) is 12.9. The van der Waals surface area contributed by atoms with E-state index in [0.717, 1.165) is 21.2 Å². The lowest BCUT2D eigenvalue weighted by atomic mass is 9.87. The van der Waals surface area contributed by atoms with E-state index in [4.69, 9.17) is 4.74 Å². The van der Waals surface area contributed by atoms with Gasteiger partial charge >= 0.3 is 0 Å². The second-order valence-electron chi connectivity index (χ2n) is 10.3. The monoisotopic (exact) mass is 564 g/mol. The van der Waals surface area contributed by atoms with Gasteiger partial charge in [-0.25, -0.2) is 0 Å². The molecule has 1 atom stereocenters. The van der Waals surface area contributed by atoms with Crippen LogP contribution in [0.3, 0.4) is 0 Å². The van der Waals surface area contributed by atoms with Crippen molar-refractivity contribution in [3.63, 3.8) is 0 Å². The van der Waals surface area contributed by atoms with E-state index >= 15 is 0 Å². The normalized spacial score (nSPS) is 12.1. The van der Waals surface area contributed by atoms with E-state index < -0.39 is 6.04 Å². The van der Waals surface area contributed by atoms with Crippen LogP contribution >= 0.6 is 15.9 Å². The second-order valence-corrected chi connectivity index (χ2v) is 11.1. The first-order chi connectivity index (χ1) is 17.6. The minimum absolute atomic E-state index is 0.00121. The van der Waals surface area contributed by atoms with Gasteiger partial charge in [0.05, 0.1) is 4.47 Å². The van der Waals surface area contributed by atoms with E-state index in [0.29, 0.717) is 25.3 Å². The summed E-state index contributed by atoms with van der Waals surface area (Å²) in [7, 11) is 0. The van der Waals surface area contributed by atoms with Crippen molar-refractivity contribution in [1.29, 1.82) is 0 Å². The summed E-state index contributed by atoms with van der Waals surface area (Å²) in [5, 5.41) is 2.92. The van der Waals surface area contributed by atoms with Gasteiger partial charge in [0.25, 0.3) is 5.91 Å². The van der Waals surface area contributed by atoms with Gasteiger partial charge in [0.15, 0.2) is 6.61 Å². The van der Waals surface area contributed by atoms with Crippen LogP contribution in [-0.4, -0.2) is 35.9 Å². The van der Waals surface area contributed by atoms with Crippen molar-refractivity contribution in [2.75, 3.05) is 13.2 Å². The van der Waals surface area contributed by atoms with Gasteiger partial charge in [-0.05, 0) is 64.0 Å². The van der Waals surface area contributed by atoms with E-state index in [1.165, 1.54) is 5.56 Å². The van der Waals surface area contributed by atoms with Crippen molar-refractivity contribution in [3.8, 4) is 5.75 Å². The maximum Gasteiger partial charge on any atom is 0.261 e. The van der Waals surface area contributed by atoms with Crippen molar-refractivity contribution in [2.24, 2.45) is 0 Å². The van der Waals surface area contributed by atoms with Crippen molar-refractivity contribution < 1.29 is 14.3 Å². The Morgan fingerprint density at radius 2 is 1.68 bits per heavy atom. The molecule has 1 N–H and O–H groups in total. The summed E-state index contributed by atoms with van der Waals surface area (Å²) in [6.45, 7) is 11.0. The van der Waals surface area contributed by atoms with E-state index in [2.05, 4.69) is 42.0 Å². The van der Waals surface area contributed by atoms with E-state index in [9.17, 15) is 9.59 Å². The molecule has 5 nitrogen and oxygen atoms in total. The molecule has 0 aliphatic heterocycles. The van der Waals surface area contributed by atoms with Crippen LogP contribution in [0.1, 0.15) is 49.9 Å². The molecule has 0 heterocycles. The average Bonchev–Trinajstić information content (AvgIpc) is 2.85. The number of hydrogen-bond donors (Lipinski definition) is 1. The predicted octanol–water partition coefficient (Wildman–Crippen LogP) is 6.21. The lowest BCUT2D eigenvalue weighted by Crippen LogP contribution is -2.51. The summed E-state index contributed by atoms with van der Waals surface area (Å²) in [5.74, 6) is 0.165. The summed E-state index contributed by atoms with van der Waals surface area (Å²) in [4.78, 5) is 28.6. The standard InChI is InChI=1S/C31H37BrN2O3/c1-6-33-30(36)27(18-23-12-8-7-9-13-23)34(20-24-14-10-11-22(2)17-24)29(35)21-37-28-16-15-25(19-26(28)32)31(3,4)5/h7-17,19,27H,6,18,20-21H2,1-5H3,(H,33,36)/t27-/m0/s1. The van der Waals surface area contributed by atoms with Gasteiger partial charge in [0, 0.05) is 19.5 Å². The number of amides is 2. The maximum absolute atomic E-state index is 13.7. The number of rotatable bonds is 10. The topological polar surface area (TPSA) is 58.6 Å². The minimum Gasteiger partial charge on any atom is -0.483 e. The average molecular weight is 566 g/mol. The Morgan fingerprint density at radius 3 is 2.30 bits per heavy atom. The molecule has 3 aromatic rings. The zero-order valence-electron chi connectivity index (χ0n) is 22.4. The fraction of sp³-hybridized carbons (Fsp3) is 0.355. The van der Waals surface area contributed by atoms with Crippen LogP contribution in [-0.2, 0) is 28.0 Å². The molecule has 6 heteroatoms. The minimum atomic E-state index is -0.675. The number of aryl methyl sites for hydroxylation is 1. The van der Waals surface area contributed by atoms with Gasteiger partial charge < -0.3 is 15.0 Å². The third-order valence-electron chi connectivity index (χ3n) is 6.21. The molecule has 0 spiro atoms. The molecule has 0 saturated carbocycles. The van der Waals surface area contributed by atoms with Crippen molar-refractivity contribution in [3.05, 3.63) is 99.5 Å². The van der Waals surface area contributed by atoms with Gasteiger partial charge in [-0.3, -0.25) is 9.59 Å². The van der Waals surface area contributed by atoms with Crippen LogP contribution in [0, 0.1) is 6.92 Å². The quantitative estimate of drug-likeness (QED) is 0.318. The Balaban J connectivity index is 1.89. The van der Waals surface area contributed by atoms with Gasteiger partial charge in [-0.2, -0.15) is 0 Å². The molecular weight excluding hydrogens is 528 g/mol. The summed E-state index contributed by atoms with van der Waals surface area (Å²) in [6.07, 6.45) is 0.411. The van der Waals surface area contributed by atoms with Crippen molar-refractivity contribution >= 4 is 27.7 Å². The number of benzene rings is 3. The number of carbonyl (C=O) groups excluding carboxylic acids is 2. The summed E-state index contributed by atoms with van der Waals surface area (Å²) < 4.78 is 6.77. The molecule has 0 aliphatic rings. The summed E-state index contributed by atoms with van der Waals surface area (Å²) in [6, 6.07) is 23.0. The number of halogens is 1. The van der Waals surface area contributed by atoms with Crippen LogP contribution < -0.4 is 10.1 Å². The number of likely N-dealkylation sites (N-methyl/N-ethyl adjacent to an activating group) is 1. The van der Waals surface area contributed by atoms with E-state index in [1.807, 2.05) is 86.6 Å². The highest BCUT2D eigenvalue weighted by molar-refractivity contribution is 9.10. The number of nitrogens with one attached hydrogen (secondary N) is 1. The van der Waals surface area contributed by atoms with Crippen LogP contribution in [0.5, 0.6) is 5.75 Å². The maximum atomic E-state index is 13.7. The van der Waals surface area contributed by atoms with Crippen LogP contribution in [0.15, 0.2) is 77.3 Å². The van der Waals surface area contributed by atoms with Gasteiger partial charge in [-0.15, -0.1) is 0 Å². The van der Waals surface area contributed by atoms with Crippen LogP contribution in [0.4, 0.5) is 0 Å². The number of hydrogen-bond acceptors (Lipinski definition) is 3. The predicted molar refractivity (Wildman–Crippen MR) is 153 cm³/mol. The fourth-order valence-corrected chi connectivity index (χ4v) is 4.65. The van der Waals surface area contributed by atoms with Gasteiger partial charge in [0.2, 0.25) is 5.91 Å². The van der Waals surface area contributed by atoms with Crippen molar-refractivity contribution in [2.45, 2.75) is 59.0 Å². The van der Waals surface area contributed by atoms with Gasteiger partial charge in [-0.1, -0.05) is 87.0 Å². The first kappa shape index (κ1) is 28.5. The van der Waals surface area contributed by atoms with Gasteiger partial charge in [0.1, 0.15) is 11.8 Å². The van der Waals surface area contributed by atoms with Crippen molar-refractivity contribution in [1.82, 2.24) is 10.2 Å². The molecule has 0 aromatic heterocycles. The Labute approximate surface area is 229 Å². The highest BCUT2D eigenvalue weighted by Crippen LogP contribution is 2.31. The molecule has 0 aliphatic carbocycles. The smallest absolute Gasteiger partial charge is 0.261 e. The number of nitrogens with zero attached hydrogens (tertiary/aromatic N) is 1. The molecule has 37 heavy (non-hydrogen) atoms. The molecule has 0 fully saturated rings. The Morgan fingerprint density at radius 1 is 0.973 bits per heavy atom. The first-order valence-corrected chi connectivity index (χ1v) is 13.5. The molecule has 0 unspecified atom stereocenters. The molecule has 0 radical (unpaired) electrons. The summed E-state index contributed by atoms with van der Waals surface area (Å²) in [5.41, 5.74) is 4.22. The zero-order chi connectivity index (χ0) is 27.0. The number of carbonyl (C=O) groups is 2. The van der Waals surface area contributed by atoms with E-state index in [-0.39, 0.29) is 23.8 Å². The zero-order valence-corrected chi connectivity index (χ0v) is 24.0. The SMILES string of the molecule is CCNC(=O)[C@H](Cc1ccccc1)N(Cc1cccc(C)c1)C(=O)COc1ccc(C(C)(C)C)cc1Br. The molecule has 2 amide bonds. The first-order valence-electron chi connectivity index (χ1n) is 12.7. The van der Waals surface area contributed by atoms with Crippen LogP contribution in [0.2, 0.25) is 0 Å². The Bertz CT molecular complexity index is 1200. The summed E-state index contributed by atoms with van der Waals surface area (Å²) >= 11 is 3.59. The lowest BCUT2D eigenvalue weighted by molar-refractivity contribution is -0.142. The molecule has 3 aromatic carbocycles. The molecular formula is C31H37BrN2O3. The fourth-order valence-electron chi connectivity index (χ4n) is 4.16. The highest BCUT2D eigenvalue weighted by Gasteiger charge is 2.30. The third-order valence-corrected chi connectivity index (χ3v) is 6.83. The van der Waals surface area contributed by atoms with Crippen LogP contribution in [0.25, 0.3) is 0 Å². The van der Waals surface area contributed by atoms with E-state index in [1.54, 1.807) is 4.90 Å².